The SMILES string of the molecule is CC(=O)OC[C@]1(C)C2C[C@H](OC(=O)c3ccc([N+](=O)[O-])cc3)[C@@]3(C)Oc4cc(-c5cccnc5)oc(=O)c4C(O)C3[C@@]2(C)CC[C@@H]1C. The van der Waals surface area contributed by atoms with Crippen molar-refractivity contribution in [3.63, 3.8) is 0 Å². The van der Waals surface area contributed by atoms with E-state index in [1.54, 1.807) is 37.5 Å². The van der Waals surface area contributed by atoms with Crippen LogP contribution in [0.1, 0.15) is 75.9 Å². The molecule has 2 saturated carbocycles. The van der Waals surface area contributed by atoms with E-state index in [-0.39, 0.29) is 46.8 Å². The van der Waals surface area contributed by atoms with Crippen molar-refractivity contribution in [1.29, 1.82) is 0 Å². The van der Waals surface area contributed by atoms with Gasteiger partial charge in [-0.2, -0.15) is 0 Å². The number of hydrogen-bond donors (Lipinski definition) is 1. The lowest BCUT2D eigenvalue weighted by molar-refractivity contribution is -0.384. The van der Waals surface area contributed by atoms with E-state index in [1.165, 1.54) is 31.2 Å². The molecular weight excluding hydrogens is 608 g/mol. The standard InChI is InChI=1S/C35H38N2O10/c1-19-12-13-33(3)26(34(19,4)18-44-20(2)38)16-27(46-31(40)21-8-10-23(11-9-21)37(42)43)35(5)30(33)29(39)28-25(47-35)15-24(45-32(28)41)22-7-6-14-36-17-22/h6-11,14-15,17,19,26-27,29-30,39H,12-13,16,18H2,1-5H3/t19-,26?,27-,29?,30?,33-,34-,35+/m0/s1. The molecule has 3 unspecified atom stereocenters. The Hall–Kier alpha value is -4.58. The van der Waals surface area contributed by atoms with Gasteiger partial charge in [-0.15, -0.1) is 0 Å². The minimum absolute atomic E-state index is 0.0113. The fourth-order valence-electron chi connectivity index (χ4n) is 8.61. The van der Waals surface area contributed by atoms with Crippen molar-refractivity contribution in [2.24, 2.45) is 28.6 Å². The predicted octanol–water partition coefficient (Wildman–Crippen LogP) is 5.66. The van der Waals surface area contributed by atoms with Crippen LogP contribution in [0.15, 0.2) is 64.1 Å². The minimum atomic E-state index is -1.34. The molecule has 6 rings (SSSR count). The summed E-state index contributed by atoms with van der Waals surface area (Å²) >= 11 is 0. The predicted molar refractivity (Wildman–Crippen MR) is 167 cm³/mol. The summed E-state index contributed by atoms with van der Waals surface area (Å²) in [7, 11) is 0. The van der Waals surface area contributed by atoms with Gasteiger partial charge in [-0.25, -0.2) is 9.59 Å². The smallest absolute Gasteiger partial charge is 0.345 e. The molecule has 12 heteroatoms. The molecule has 0 spiro atoms. The van der Waals surface area contributed by atoms with Crippen molar-refractivity contribution >= 4 is 17.6 Å². The number of aromatic nitrogens is 1. The highest BCUT2D eigenvalue weighted by Crippen LogP contribution is 2.68. The van der Waals surface area contributed by atoms with Crippen molar-refractivity contribution in [2.45, 2.75) is 71.7 Å². The van der Waals surface area contributed by atoms with Crippen LogP contribution in [0.3, 0.4) is 0 Å². The molecule has 2 aliphatic carbocycles. The van der Waals surface area contributed by atoms with Crippen molar-refractivity contribution in [3.8, 4) is 17.1 Å². The lowest BCUT2D eigenvalue weighted by atomic mass is 9.41. The van der Waals surface area contributed by atoms with Crippen LogP contribution in [0.2, 0.25) is 0 Å². The van der Waals surface area contributed by atoms with Gasteiger partial charge in [0, 0.05) is 54.4 Å². The Balaban J connectivity index is 1.48. The second kappa shape index (κ2) is 11.6. The number of nitro groups is 1. The Morgan fingerprint density at radius 2 is 1.89 bits per heavy atom. The van der Waals surface area contributed by atoms with Gasteiger partial charge in [0.05, 0.1) is 23.2 Å². The Bertz CT molecular complexity index is 1780. The highest BCUT2D eigenvalue weighted by atomic mass is 16.6. The number of carbonyl (C=O) groups excluding carboxylic acids is 2. The van der Waals surface area contributed by atoms with E-state index in [2.05, 4.69) is 25.8 Å². The number of aliphatic hydroxyl groups excluding tert-OH is 1. The average molecular weight is 647 g/mol. The van der Waals surface area contributed by atoms with Crippen molar-refractivity contribution in [1.82, 2.24) is 4.98 Å². The number of hydrogen-bond acceptors (Lipinski definition) is 11. The first-order chi connectivity index (χ1) is 22.2. The normalized spacial score (nSPS) is 32.5. The number of pyridine rings is 1. The number of benzene rings is 1. The maximum Gasteiger partial charge on any atom is 0.345 e. The summed E-state index contributed by atoms with van der Waals surface area (Å²) in [4.78, 5) is 54.0. The molecule has 248 valence electrons. The molecule has 0 saturated heterocycles. The molecule has 1 aromatic carbocycles. The zero-order chi connectivity index (χ0) is 33.9. The lowest BCUT2D eigenvalue weighted by Crippen LogP contribution is -2.70. The first kappa shape index (κ1) is 32.4. The fourth-order valence-corrected chi connectivity index (χ4v) is 8.61. The second-order valence-corrected chi connectivity index (χ2v) is 13.8. The Labute approximate surface area is 271 Å². The van der Waals surface area contributed by atoms with E-state index in [1.807, 2.05) is 0 Å². The minimum Gasteiger partial charge on any atom is -0.482 e. The Morgan fingerprint density at radius 1 is 1.17 bits per heavy atom. The maximum atomic E-state index is 13.7. The van der Waals surface area contributed by atoms with Crippen LogP contribution in [-0.2, 0) is 14.3 Å². The van der Waals surface area contributed by atoms with Gasteiger partial charge < -0.3 is 23.7 Å². The summed E-state index contributed by atoms with van der Waals surface area (Å²) in [6, 6.07) is 10.1. The van der Waals surface area contributed by atoms with Gasteiger partial charge in [0.1, 0.15) is 28.8 Å². The van der Waals surface area contributed by atoms with Crippen LogP contribution >= 0.6 is 0 Å². The van der Waals surface area contributed by atoms with Gasteiger partial charge in [-0.05, 0) is 67.7 Å². The Morgan fingerprint density at radius 3 is 2.53 bits per heavy atom. The first-order valence-electron chi connectivity index (χ1n) is 15.7. The Kier molecular flexibility index (Phi) is 7.98. The van der Waals surface area contributed by atoms with E-state index in [0.717, 1.165) is 6.42 Å². The molecule has 3 heterocycles. The molecule has 0 amide bonds. The molecule has 3 aliphatic rings. The van der Waals surface area contributed by atoms with E-state index in [4.69, 9.17) is 18.6 Å². The van der Waals surface area contributed by atoms with Gasteiger partial charge in [0.15, 0.2) is 0 Å². The molecule has 12 nitrogen and oxygen atoms in total. The maximum absolute atomic E-state index is 13.7. The monoisotopic (exact) mass is 646 g/mol. The van der Waals surface area contributed by atoms with Gasteiger partial charge in [0.2, 0.25) is 0 Å². The third-order valence-corrected chi connectivity index (χ3v) is 11.2. The van der Waals surface area contributed by atoms with E-state index < -0.39 is 57.0 Å². The number of nitro benzene ring substituents is 1. The van der Waals surface area contributed by atoms with Crippen molar-refractivity contribution in [3.05, 3.63) is 86.5 Å². The van der Waals surface area contributed by atoms with Crippen LogP contribution in [-0.4, -0.2) is 45.3 Å². The molecule has 47 heavy (non-hydrogen) atoms. The molecule has 2 fully saturated rings. The number of ether oxygens (including phenoxy) is 3. The molecule has 0 bridgehead atoms. The summed E-state index contributed by atoms with van der Waals surface area (Å²) in [6.07, 6.45) is 2.60. The van der Waals surface area contributed by atoms with E-state index >= 15 is 0 Å². The lowest BCUT2D eigenvalue weighted by Gasteiger charge is -2.66. The second-order valence-electron chi connectivity index (χ2n) is 13.8. The van der Waals surface area contributed by atoms with Crippen molar-refractivity contribution < 1.29 is 38.2 Å². The number of fused-ring (bicyclic) bond motifs is 4. The van der Waals surface area contributed by atoms with Crippen molar-refractivity contribution in [2.75, 3.05) is 6.61 Å². The van der Waals surface area contributed by atoms with E-state index in [0.29, 0.717) is 18.4 Å². The third kappa shape index (κ3) is 5.28. The average Bonchev–Trinajstić information content (AvgIpc) is 3.03. The fraction of sp³-hybridized carbons (Fsp3) is 0.486. The van der Waals surface area contributed by atoms with Crippen LogP contribution < -0.4 is 10.4 Å². The van der Waals surface area contributed by atoms with Gasteiger partial charge in [-0.1, -0.05) is 20.8 Å². The largest absolute Gasteiger partial charge is 0.482 e. The third-order valence-electron chi connectivity index (χ3n) is 11.2. The number of esters is 2. The van der Waals surface area contributed by atoms with Crippen LogP contribution in [0.25, 0.3) is 11.3 Å². The molecule has 0 radical (unpaired) electrons. The number of non-ortho nitro benzene ring substituents is 1. The molecule has 1 N–H and O–H groups in total. The zero-order valence-corrected chi connectivity index (χ0v) is 26.9. The van der Waals surface area contributed by atoms with Gasteiger partial charge in [-0.3, -0.25) is 19.9 Å². The molecular formula is C35H38N2O10. The zero-order valence-electron chi connectivity index (χ0n) is 26.9. The number of aliphatic hydroxyl groups is 1. The van der Waals surface area contributed by atoms with Gasteiger partial charge >= 0.3 is 17.6 Å². The molecule has 1 aliphatic heterocycles. The molecule has 2 aromatic heterocycles. The molecule has 8 atom stereocenters. The highest BCUT2D eigenvalue weighted by Gasteiger charge is 2.70. The summed E-state index contributed by atoms with van der Waals surface area (Å²) in [5.41, 5.74) is -2.83. The van der Waals surface area contributed by atoms with E-state index in [9.17, 15) is 29.6 Å². The quantitative estimate of drug-likeness (QED) is 0.199. The van der Waals surface area contributed by atoms with Gasteiger partial charge in [0.25, 0.3) is 5.69 Å². The highest BCUT2D eigenvalue weighted by molar-refractivity contribution is 5.89. The summed E-state index contributed by atoms with van der Waals surface area (Å²) in [6.45, 7) is 9.50. The summed E-state index contributed by atoms with van der Waals surface area (Å²) in [5.74, 6) is -1.68. The molecule has 3 aromatic rings. The van der Waals surface area contributed by atoms with Crippen LogP contribution in [0, 0.1) is 38.7 Å². The van der Waals surface area contributed by atoms with Crippen LogP contribution in [0.4, 0.5) is 5.69 Å². The first-order valence-corrected chi connectivity index (χ1v) is 15.7. The number of carbonyl (C=O) groups is 2. The van der Waals surface area contributed by atoms with Crippen LogP contribution in [0.5, 0.6) is 5.75 Å². The topological polar surface area (TPSA) is 168 Å². The number of nitrogens with zero attached hydrogens (tertiary/aromatic N) is 2. The number of rotatable bonds is 6. The summed E-state index contributed by atoms with van der Waals surface area (Å²) < 4.78 is 24.3. The summed E-state index contributed by atoms with van der Waals surface area (Å²) in [5, 5.41) is 23.4.